The number of hydrogen-bond donors (Lipinski definition) is 1. The van der Waals surface area contributed by atoms with Crippen LogP contribution in [0.5, 0.6) is 11.5 Å². The number of benzene rings is 2. The Morgan fingerprint density at radius 2 is 1.85 bits per heavy atom. The lowest BCUT2D eigenvalue weighted by atomic mass is 10.1. The van der Waals surface area contributed by atoms with Gasteiger partial charge in [0.05, 0.1) is 5.02 Å². The molecule has 0 saturated carbocycles. The smallest absolute Gasteiger partial charge is 0.269 e. The molecule has 1 amide bonds. The first-order valence-electron chi connectivity index (χ1n) is 8.10. The first kappa shape index (κ1) is 16.4. The number of fused-ring (bicyclic) bond motifs is 1. The van der Waals surface area contributed by atoms with Crippen molar-refractivity contribution in [2.24, 2.45) is 0 Å². The van der Waals surface area contributed by atoms with E-state index in [-0.39, 0.29) is 12.5 Å². The Kier molecular flexibility index (Phi) is 4.46. The number of nitrogens with zero attached hydrogens (tertiary/aromatic N) is 1. The van der Waals surface area contributed by atoms with Crippen molar-refractivity contribution in [2.75, 3.05) is 11.9 Å². The number of halogens is 1. The molecule has 0 bridgehead atoms. The molecule has 0 aliphatic carbocycles. The number of carbonyl (C=O) groups excluding carboxylic acids is 1. The van der Waals surface area contributed by atoms with E-state index in [0.29, 0.717) is 22.2 Å². The number of carbonyl (C=O) groups is 1. The molecule has 1 aliphatic heterocycles. The molecule has 26 heavy (non-hydrogen) atoms. The highest BCUT2D eigenvalue weighted by molar-refractivity contribution is 6.33. The van der Waals surface area contributed by atoms with Crippen molar-refractivity contribution in [2.45, 2.75) is 6.10 Å². The van der Waals surface area contributed by atoms with Gasteiger partial charge in [0.25, 0.3) is 5.91 Å². The van der Waals surface area contributed by atoms with Crippen molar-refractivity contribution in [1.29, 1.82) is 0 Å². The molecule has 130 valence electrons. The van der Waals surface area contributed by atoms with Crippen LogP contribution in [-0.4, -0.2) is 23.6 Å². The number of nitrogens with one attached hydrogen (secondary N) is 1. The van der Waals surface area contributed by atoms with E-state index in [1.807, 2.05) is 48.5 Å². The van der Waals surface area contributed by atoms with Crippen LogP contribution in [0.2, 0.25) is 5.02 Å². The summed E-state index contributed by atoms with van der Waals surface area (Å²) in [6.45, 7) is 0.174. The summed E-state index contributed by atoms with van der Waals surface area (Å²) in [4.78, 5) is 16.4. The zero-order valence-corrected chi connectivity index (χ0v) is 14.4. The quantitative estimate of drug-likeness (QED) is 0.755. The van der Waals surface area contributed by atoms with E-state index in [1.165, 1.54) is 0 Å². The van der Waals surface area contributed by atoms with Gasteiger partial charge < -0.3 is 14.8 Å². The first-order chi connectivity index (χ1) is 12.7. The molecule has 1 atom stereocenters. The number of ether oxygens (including phenoxy) is 2. The Morgan fingerprint density at radius 1 is 1.08 bits per heavy atom. The molecule has 0 unspecified atom stereocenters. The summed E-state index contributed by atoms with van der Waals surface area (Å²) in [5, 5.41) is 3.43. The second kappa shape index (κ2) is 7.06. The van der Waals surface area contributed by atoms with E-state index in [0.717, 1.165) is 11.1 Å². The average molecular weight is 367 g/mol. The summed E-state index contributed by atoms with van der Waals surface area (Å²) in [6.07, 6.45) is 2.60. The number of amides is 1. The van der Waals surface area contributed by atoms with Crippen molar-refractivity contribution in [3.05, 3.63) is 72.0 Å². The normalized spacial score (nSPS) is 15.3. The molecule has 0 spiro atoms. The molecular formula is C20H15ClN2O3. The predicted molar refractivity (Wildman–Crippen MR) is 99.7 cm³/mol. The lowest BCUT2D eigenvalue weighted by molar-refractivity contribution is -0.125. The summed E-state index contributed by atoms with van der Waals surface area (Å²) in [5.41, 5.74) is 2.51. The fraction of sp³-hybridized carbons (Fsp3) is 0.100. The molecule has 1 aliphatic rings. The van der Waals surface area contributed by atoms with Gasteiger partial charge in [0.15, 0.2) is 11.5 Å². The third-order valence-corrected chi connectivity index (χ3v) is 4.34. The molecule has 4 rings (SSSR count). The standard InChI is InChI=1S/C20H15ClN2O3/c21-16-11-22-10-9-15(16)13-5-7-14(8-6-13)23-20(24)19-12-25-17-3-1-2-4-18(17)26-19/h1-11,19H,12H2,(H,23,24)/t19-/m0/s1. The van der Waals surface area contributed by atoms with E-state index in [4.69, 9.17) is 21.1 Å². The Bertz CT molecular complexity index is 944. The zero-order valence-electron chi connectivity index (χ0n) is 13.7. The molecule has 5 nitrogen and oxygen atoms in total. The summed E-state index contributed by atoms with van der Waals surface area (Å²) >= 11 is 6.16. The van der Waals surface area contributed by atoms with Gasteiger partial charge >= 0.3 is 0 Å². The van der Waals surface area contributed by atoms with E-state index in [2.05, 4.69) is 10.3 Å². The summed E-state index contributed by atoms with van der Waals surface area (Å²) in [6, 6.07) is 16.6. The number of rotatable bonds is 3. The highest BCUT2D eigenvalue weighted by atomic mass is 35.5. The van der Waals surface area contributed by atoms with Crippen LogP contribution >= 0.6 is 11.6 Å². The lowest BCUT2D eigenvalue weighted by Crippen LogP contribution is -2.40. The average Bonchev–Trinajstić information content (AvgIpc) is 2.69. The second-order valence-electron chi connectivity index (χ2n) is 5.79. The molecule has 6 heteroatoms. The monoisotopic (exact) mass is 366 g/mol. The fourth-order valence-electron chi connectivity index (χ4n) is 2.71. The summed E-state index contributed by atoms with van der Waals surface area (Å²) in [5.74, 6) is 0.964. The largest absolute Gasteiger partial charge is 0.485 e. The van der Waals surface area contributed by atoms with Crippen molar-refractivity contribution in [1.82, 2.24) is 4.98 Å². The van der Waals surface area contributed by atoms with Gasteiger partial charge in [0.1, 0.15) is 6.61 Å². The van der Waals surface area contributed by atoms with Crippen LogP contribution in [0.25, 0.3) is 11.1 Å². The van der Waals surface area contributed by atoms with Gasteiger partial charge in [-0.1, -0.05) is 35.9 Å². The van der Waals surface area contributed by atoms with Gasteiger partial charge in [-0.05, 0) is 35.9 Å². The van der Waals surface area contributed by atoms with Crippen molar-refractivity contribution >= 4 is 23.2 Å². The third kappa shape index (κ3) is 3.34. The SMILES string of the molecule is O=C(Nc1ccc(-c2ccncc2Cl)cc1)[C@@H]1COc2ccccc2O1. The van der Waals surface area contributed by atoms with E-state index in [1.54, 1.807) is 18.5 Å². The molecule has 1 N–H and O–H groups in total. The van der Waals surface area contributed by atoms with E-state index in [9.17, 15) is 4.79 Å². The molecule has 3 aromatic rings. The predicted octanol–water partition coefficient (Wildman–Crippen LogP) is 4.18. The van der Waals surface area contributed by atoms with Crippen molar-refractivity contribution in [3.63, 3.8) is 0 Å². The number of anilines is 1. The molecular weight excluding hydrogens is 352 g/mol. The van der Waals surface area contributed by atoms with Crippen molar-refractivity contribution in [3.8, 4) is 22.6 Å². The maximum Gasteiger partial charge on any atom is 0.269 e. The lowest BCUT2D eigenvalue weighted by Gasteiger charge is -2.25. The van der Waals surface area contributed by atoms with E-state index < -0.39 is 6.10 Å². The van der Waals surface area contributed by atoms with Gasteiger partial charge in [0, 0.05) is 23.6 Å². The molecule has 0 fully saturated rings. The Morgan fingerprint density at radius 3 is 2.62 bits per heavy atom. The fourth-order valence-corrected chi connectivity index (χ4v) is 2.94. The summed E-state index contributed by atoms with van der Waals surface area (Å²) < 4.78 is 11.3. The van der Waals surface area contributed by atoms with Crippen molar-refractivity contribution < 1.29 is 14.3 Å². The van der Waals surface area contributed by atoms with Gasteiger partial charge in [-0.2, -0.15) is 0 Å². The number of para-hydroxylation sites is 2. The number of hydrogen-bond acceptors (Lipinski definition) is 4. The Hall–Kier alpha value is -3.05. The van der Waals surface area contributed by atoms with Crippen LogP contribution in [0.3, 0.4) is 0 Å². The van der Waals surface area contributed by atoms with Gasteiger partial charge in [-0.3, -0.25) is 9.78 Å². The topological polar surface area (TPSA) is 60.5 Å². The van der Waals surface area contributed by atoms with Crippen LogP contribution in [-0.2, 0) is 4.79 Å². The minimum absolute atomic E-state index is 0.174. The molecule has 0 radical (unpaired) electrons. The highest BCUT2D eigenvalue weighted by Crippen LogP contribution is 2.31. The highest BCUT2D eigenvalue weighted by Gasteiger charge is 2.27. The first-order valence-corrected chi connectivity index (χ1v) is 8.48. The molecule has 0 saturated heterocycles. The number of aromatic nitrogens is 1. The van der Waals surface area contributed by atoms with Gasteiger partial charge in [-0.25, -0.2) is 0 Å². The Labute approximate surface area is 155 Å². The second-order valence-corrected chi connectivity index (χ2v) is 6.19. The zero-order chi connectivity index (χ0) is 17.9. The van der Waals surface area contributed by atoms with Crippen LogP contribution in [0.15, 0.2) is 67.0 Å². The molecule has 2 aromatic carbocycles. The van der Waals surface area contributed by atoms with E-state index >= 15 is 0 Å². The minimum atomic E-state index is -0.695. The Balaban J connectivity index is 1.45. The molecule has 2 heterocycles. The van der Waals surface area contributed by atoms with Crippen LogP contribution in [0.1, 0.15) is 0 Å². The van der Waals surface area contributed by atoms with Gasteiger partial charge in [-0.15, -0.1) is 0 Å². The van der Waals surface area contributed by atoms with Gasteiger partial charge in [0.2, 0.25) is 6.10 Å². The van der Waals surface area contributed by atoms with Crippen LogP contribution < -0.4 is 14.8 Å². The maximum absolute atomic E-state index is 12.4. The van der Waals surface area contributed by atoms with Crippen LogP contribution in [0.4, 0.5) is 5.69 Å². The number of pyridine rings is 1. The van der Waals surface area contributed by atoms with Crippen LogP contribution in [0, 0.1) is 0 Å². The summed E-state index contributed by atoms with van der Waals surface area (Å²) in [7, 11) is 0. The third-order valence-electron chi connectivity index (χ3n) is 4.04. The minimum Gasteiger partial charge on any atom is -0.485 e. The maximum atomic E-state index is 12.4. The molecule has 1 aromatic heterocycles.